The summed E-state index contributed by atoms with van der Waals surface area (Å²) in [5.41, 5.74) is 4.66. The Bertz CT molecular complexity index is 930. The first kappa shape index (κ1) is 11.8. The van der Waals surface area contributed by atoms with E-state index in [0.717, 1.165) is 28.2 Å². The second-order valence-electron chi connectivity index (χ2n) is 5.20. The quantitative estimate of drug-likeness (QED) is 0.538. The molecule has 0 saturated carbocycles. The van der Waals surface area contributed by atoms with Crippen LogP contribution in [0.25, 0.3) is 16.9 Å². The van der Waals surface area contributed by atoms with Gasteiger partial charge in [-0.25, -0.2) is 4.98 Å². The smallest absolute Gasteiger partial charge is 0.137 e. The van der Waals surface area contributed by atoms with Crippen molar-refractivity contribution in [3.8, 4) is 11.3 Å². The molecule has 0 aliphatic heterocycles. The molecule has 2 nitrogen and oxygen atoms in total. The van der Waals surface area contributed by atoms with E-state index >= 15 is 0 Å². The van der Waals surface area contributed by atoms with Gasteiger partial charge < -0.3 is 4.40 Å². The second-order valence-corrected chi connectivity index (χ2v) is 5.20. The van der Waals surface area contributed by atoms with E-state index in [1.807, 2.05) is 89.5 Å². The van der Waals surface area contributed by atoms with Gasteiger partial charge in [-0.1, -0.05) is 66.7 Å². The molecule has 0 amide bonds. The van der Waals surface area contributed by atoms with Gasteiger partial charge in [0.25, 0.3) is 0 Å². The lowest BCUT2D eigenvalue weighted by molar-refractivity contribution is 1.03. The maximum atomic E-state index is 8.78. The number of hydrogen-bond donors (Lipinski definition) is 0. The summed E-state index contributed by atoms with van der Waals surface area (Å²) in [6, 6.07) is 25.9. The van der Waals surface area contributed by atoms with Crippen LogP contribution in [0.15, 0.2) is 85.1 Å². The van der Waals surface area contributed by atoms with E-state index in [9.17, 15) is 0 Å². The minimum Gasteiger partial charge on any atom is -0.303 e. The van der Waals surface area contributed by atoms with Gasteiger partial charge in [-0.05, 0) is 17.7 Å². The van der Waals surface area contributed by atoms with Gasteiger partial charge in [-0.2, -0.15) is 0 Å². The van der Waals surface area contributed by atoms with Crippen LogP contribution in [0, 0.1) is 0 Å². The molecule has 22 heavy (non-hydrogen) atoms. The van der Waals surface area contributed by atoms with Crippen molar-refractivity contribution in [1.29, 1.82) is 0 Å². The van der Waals surface area contributed by atoms with Crippen molar-refractivity contribution in [3.05, 3.63) is 96.3 Å². The molecule has 0 N–H and O–H groups in total. The summed E-state index contributed by atoms with van der Waals surface area (Å²) in [7, 11) is 0. The van der Waals surface area contributed by atoms with Gasteiger partial charge in [0.05, 0.1) is 11.4 Å². The van der Waals surface area contributed by atoms with Gasteiger partial charge in [0.15, 0.2) is 0 Å². The second kappa shape index (κ2) is 5.49. The van der Waals surface area contributed by atoms with Crippen LogP contribution in [0.1, 0.15) is 12.6 Å². The Morgan fingerprint density at radius 3 is 2.27 bits per heavy atom. The Morgan fingerprint density at radius 1 is 0.818 bits per heavy atom. The zero-order chi connectivity index (χ0) is 15.6. The van der Waals surface area contributed by atoms with Crippen LogP contribution in [0.5, 0.6) is 0 Å². The molecule has 0 saturated heterocycles. The number of rotatable bonds is 3. The molecule has 1 atom stereocenters. The topological polar surface area (TPSA) is 17.3 Å². The molecule has 0 fully saturated rings. The SMILES string of the molecule is [2H]C(c1ccccc1)c1c(-c2ccccc2)nc2ccccn12. The van der Waals surface area contributed by atoms with Gasteiger partial charge in [0, 0.05) is 19.5 Å². The van der Waals surface area contributed by atoms with Crippen LogP contribution in [0.4, 0.5) is 0 Å². The minimum atomic E-state index is -0.483. The molecule has 106 valence electrons. The number of pyridine rings is 1. The van der Waals surface area contributed by atoms with E-state index in [-0.39, 0.29) is 0 Å². The van der Waals surface area contributed by atoms with Crippen LogP contribution in [-0.4, -0.2) is 9.38 Å². The van der Waals surface area contributed by atoms with E-state index in [0.29, 0.717) is 0 Å². The Labute approximate surface area is 131 Å². The molecular weight excluding hydrogens is 268 g/mol. The van der Waals surface area contributed by atoms with Crippen molar-refractivity contribution in [2.24, 2.45) is 0 Å². The van der Waals surface area contributed by atoms with E-state index in [1.165, 1.54) is 0 Å². The highest BCUT2D eigenvalue weighted by molar-refractivity contribution is 5.67. The summed E-state index contributed by atoms with van der Waals surface area (Å²) in [6.45, 7) is 0. The van der Waals surface area contributed by atoms with E-state index < -0.39 is 6.40 Å². The Morgan fingerprint density at radius 2 is 1.50 bits per heavy atom. The fourth-order valence-corrected chi connectivity index (χ4v) is 2.67. The normalized spacial score (nSPS) is 13.0. The van der Waals surface area contributed by atoms with Crippen molar-refractivity contribution in [2.45, 2.75) is 6.40 Å². The largest absolute Gasteiger partial charge is 0.303 e. The van der Waals surface area contributed by atoms with Crippen molar-refractivity contribution in [2.75, 3.05) is 0 Å². The molecular formula is C20H16N2. The van der Waals surface area contributed by atoms with Crippen LogP contribution < -0.4 is 0 Å². The average molecular weight is 285 g/mol. The minimum absolute atomic E-state index is 0.483. The summed E-state index contributed by atoms with van der Waals surface area (Å²) >= 11 is 0. The maximum Gasteiger partial charge on any atom is 0.137 e. The predicted octanol–water partition coefficient (Wildman–Crippen LogP) is 4.59. The van der Waals surface area contributed by atoms with Gasteiger partial charge in [-0.15, -0.1) is 0 Å². The van der Waals surface area contributed by atoms with Gasteiger partial charge in [-0.3, -0.25) is 0 Å². The molecule has 4 rings (SSSR count). The maximum absolute atomic E-state index is 8.78. The number of benzene rings is 2. The summed E-state index contributed by atoms with van der Waals surface area (Å²) < 4.78 is 10.8. The average Bonchev–Trinajstić information content (AvgIpc) is 3.02. The standard InChI is InChI=1S/C20H16N2/c1-3-9-16(10-4-1)15-18-20(17-11-5-2-6-12-17)21-19-13-7-8-14-22(18)19/h1-14H,15H2/i15D. The number of aromatic nitrogens is 2. The summed E-state index contributed by atoms with van der Waals surface area (Å²) in [4.78, 5) is 4.77. The molecule has 2 aromatic carbocycles. The fourth-order valence-electron chi connectivity index (χ4n) is 2.67. The molecule has 2 heteroatoms. The summed E-state index contributed by atoms with van der Waals surface area (Å²) in [6.07, 6.45) is 1.50. The number of hydrogen-bond acceptors (Lipinski definition) is 1. The monoisotopic (exact) mass is 285 g/mol. The van der Waals surface area contributed by atoms with Gasteiger partial charge >= 0.3 is 0 Å². The van der Waals surface area contributed by atoms with E-state index in [1.54, 1.807) is 0 Å². The van der Waals surface area contributed by atoms with Crippen LogP contribution in [0.3, 0.4) is 0 Å². The Kier molecular flexibility index (Phi) is 2.93. The lowest BCUT2D eigenvalue weighted by Gasteiger charge is -2.06. The number of nitrogens with zero attached hydrogens (tertiary/aromatic N) is 2. The third-order valence-electron chi connectivity index (χ3n) is 3.72. The van der Waals surface area contributed by atoms with Crippen LogP contribution in [0.2, 0.25) is 0 Å². The molecule has 0 bridgehead atoms. The highest BCUT2D eigenvalue weighted by Gasteiger charge is 2.13. The highest BCUT2D eigenvalue weighted by Crippen LogP contribution is 2.26. The van der Waals surface area contributed by atoms with Crippen molar-refractivity contribution < 1.29 is 1.37 Å². The van der Waals surface area contributed by atoms with Crippen LogP contribution >= 0.6 is 0 Å². The van der Waals surface area contributed by atoms with Gasteiger partial charge in [0.2, 0.25) is 0 Å². The Balaban J connectivity index is 1.97. The zero-order valence-electron chi connectivity index (χ0n) is 13.1. The molecule has 0 aliphatic carbocycles. The molecule has 0 spiro atoms. The van der Waals surface area contributed by atoms with E-state index in [4.69, 9.17) is 6.35 Å². The van der Waals surface area contributed by atoms with E-state index in [2.05, 4.69) is 0 Å². The molecule has 0 aliphatic rings. The Hall–Kier alpha value is -2.87. The first-order valence-electron chi connectivity index (χ1n) is 7.92. The number of fused-ring (bicyclic) bond motifs is 1. The van der Waals surface area contributed by atoms with Crippen molar-refractivity contribution in [3.63, 3.8) is 0 Å². The fraction of sp³-hybridized carbons (Fsp3) is 0.0500. The highest BCUT2D eigenvalue weighted by atomic mass is 15.0. The summed E-state index contributed by atoms with van der Waals surface area (Å²) in [5, 5.41) is 0. The first-order chi connectivity index (χ1) is 11.3. The van der Waals surface area contributed by atoms with Crippen LogP contribution in [-0.2, 0) is 6.40 Å². The summed E-state index contributed by atoms with van der Waals surface area (Å²) in [5.74, 6) is 0. The van der Waals surface area contributed by atoms with Gasteiger partial charge in [0.1, 0.15) is 5.65 Å². The predicted molar refractivity (Wildman–Crippen MR) is 89.9 cm³/mol. The lowest BCUT2D eigenvalue weighted by atomic mass is 10.0. The molecule has 2 aromatic heterocycles. The first-order valence-corrected chi connectivity index (χ1v) is 7.34. The lowest BCUT2D eigenvalue weighted by Crippen LogP contribution is -1.96. The third-order valence-corrected chi connectivity index (χ3v) is 3.72. The van der Waals surface area contributed by atoms with Crippen molar-refractivity contribution >= 4 is 5.65 Å². The van der Waals surface area contributed by atoms with Crippen molar-refractivity contribution in [1.82, 2.24) is 9.38 Å². The molecule has 2 heterocycles. The molecule has 4 aromatic rings. The molecule has 1 unspecified atom stereocenters. The zero-order valence-corrected chi connectivity index (χ0v) is 12.1. The third kappa shape index (κ3) is 2.29. The molecule has 0 radical (unpaired) electrons. The number of imidazole rings is 1.